The lowest BCUT2D eigenvalue weighted by Crippen LogP contribution is -2.05. The summed E-state index contributed by atoms with van der Waals surface area (Å²) in [7, 11) is 0. The van der Waals surface area contributed by atoms with Crippen molar-refractivity contribution in [2.45, 2.75) is 13.2 Å². The van der Waals surface area contributed by atoms with Crippen molar-refractivity contribution < 1.29 is 23.0 Å². The molecular formula is C7H6F3NO2. The van der Waals surface area contributed by atoms with Gasteiger partial charge < -0.3 is 9.84 Å². The lowest BCUT2D eigenvalue weighted by molar-refractivity contribution is -0.0512. The molecule has 0 aliphatic carbocycles. The Morgan fingerprint density at radius 3 is 2.77 bits per heavy atom. The van der Waals surface area contributed by atoms with Crippen molar-refractivity contribution in [2.75, 3.05) is 0 Å². The van der Waals surface area contributed by atoms with Crippen LogP contribution in [-0.4, -0.2) is 16.7 Å². The predicted octanol–water partition coefficient (Wildman–Crippen LogP) is 1.31. The van der Waals surface area contributed by atoms with E-state index in [-0.39, 0.29) is 11.3 Å². The number of aromatic nitrogens is 1. The van der Waals surface area contributed by atoms with E-state index in [1.54, 1.807) is 0 Å². The van der Waals surface area contributed by atoms with Gasteiger partial charge in [0.25, 0.3) is 0 Å². The Morgan fingerprint density at radius 1 is 1.54 bits per heavy atom. The number of halogens is 3. The topological polar surface area (TPSA) is 42.4 Å². The summed E-state index contributed by atoms with van der Waals surface area (Å²) >= 11 is 0. The van der Waals surface area contributed by atoms with E-state index in [9.17, 15) is 13.2 Å². The van der Waals surface area contributed by atoms with E-state index >= 15 is 0 Å². The molecule has 3 nitrogen and oxygen atoms in total. The minimum Gasteiger partial charge on any atom is -0.433 e. The summed E-state index contributed by atoms with van der Waals surface area (Å²) < 4.78 is 39.8. The first-order chi connectivity index (χ1) is 6.13. The fourth-order valence-corrected chi connectivity index (χ4v) is 0.781. The quantitative estimate of drug-likeness (QED) is 0.736. The van der Waals surface area contributed by atoms with Crippen molar-refractivity contribution in [3.05, 3.63) is 23.8 Å². The van der Waals surface area contributed by atoms with E-state index in [0.29, 0.717) is 0 Å². The average Bonchev–Trinajstić information content (AvgIpc) is 2.07. The smallest absolute Gasteiger partial charge is 0.387 e. The van der Waals surface area contributed by atoms with Crippen LogP contribution in [0.2, 0.25) is 0 Å². The second-order valence-electron chi connectivity index (χ2n) is 2.15. The van der Waals surface area contributed by atoms with E-state index in [0.717, 1.165) is 12.3 Å². The van der Waals surface area contributed by atoms with Crippen LogP contribution in [0.1, 0.15) is 5.56 Å². The van der Waals surface area contributed by atoms with Gasteiger partial charge in [-0.15, -0.1) is 0 Å². The number of nitrogens with zero attached hydrogens (tertiary/aromatic N) is 1. The zero-order chi connectivity index (χ0) is 9.84. The Hall–Kier alpha value is -1.30. The first-order valence-electron chi connectivity index (χ1n) is 3.33. The van der Waals surface area contributed by atoms with Crippen LogP contribution in [0.25, 0.3) is 0 Å². The number of pyridine rings is 1. The molecule has 0 spiro atoms. The third-order valence-corrected chi connectivity index (χ3v) is 1.30. The van der Waals surface area contributed by atoms with Gasteiger partial charge in [-0.1, -0.05) is 0 Å². The Labute approximate surface area is 71.8 Å². The fraction of sp³-hybridized carbons (Fsp3) is 0.286. The third-order valence-electron chi connectivity index (χ3n) is 1.30. The molecule has 0 aliphatic heterocycles. The molecule has 0 saturated carbocycles. The highest BCUT2D eigenvalue weighted by molar-refractivity contribution is 5.29. The number of alkyl halides is 2. The standard InChI is InChI=1S/C7H6F3NO2/c8-6-1-4(3-12)5(2-11-6)13-7(9)10/h1-2,7,12H,3H2. The molecular weight excluding hydrogens is 187 g/mol. The van der Waals surface area contributed by atoms with Gasteiger partial charge >= 0.3 is 6.61 Å². The summed E-state index contributed by atoms with van der Waals surface area (Å²) in [6.45, 7) is -3.60. The molecule has 0 radical (unpaired) electrons. The molecule has 13 heavy (non-hydrogen) atoms. The predicted molar refractivity (Wildman–Crippen MR) is 36.7 cm³/mol. The van der Waals surface area contributed by atoms with Gasteiger partial charge in [0.05, 0.1) is 12.8 Å². The third kappa shape index (κ3) is 2.59. The first kappa shape index (κ1) is 9.79. The van der Waals surface area contributed by atoms with Crippen LogP contribution in [0.5, 0.6) is 5.75 Å². The minimum atomic E-state index is -3.02. The Balaban J connectivity index is 2.92. The molecule has 0 atom stereocenters. The van der Waals surface area contributed by atoms with Gasteiger partial charge in [0.15, 0.2) is 0 Å². The Bertz CT molecular complexity index is 293. The molecule has 1 aromatic heterocycles. The summed E-state index contributed by atoms with van der Waals surface area (Å²) in [6.07, 6.45) is 0.799. The number of hydrogen-bond donors (Lipinski definition) is 1. The van der Waals surface area contributed by atoms with Crippen molar-refractivity contribution in [3.63, 3.8) is 0 Å². The highest BCUT2D eigenvalue weighted by Gasteiger charge is 2.10. The van der Waals surface area contributed by atoms with E-state index < -0.39 is 19.2 Å². The van der Waals surface area contributed by atoms with Crippen molar-refractivity contribution >= 4 is 0 Å². The Kier molecular flexibility index (Phi) is 3.07. The van der Waals surface area contributed by atoms with Crippen LogP contribution >= 0.6 is 0 Å². The lowest BCUT2D eigenvalue weighted by atomic mass is 10.2. The van der Waals surface area contributed by atoms with Crippen LogP contribution in [0.4, 0.5) is 13.2 Å². The Morgan fingerprint density at radius 2 is 2.23 bits per heavy atom. The molecule has 0 amide bonds. The average molecular weight is 193 g/mol. The van der Waals surface area contributed by atoms with Gasteiger partial charge in [-0.2, -0.15) is 13.2 Å². The SMILES string of the molecule is OCc1cc(F)ncc1OC(F)F. The highest BCUT2D eigenvalue weighted by atomic mass is 19.3. The van der Waals surface area contributed by atoms with Crippen LogP contribution in [0, 0.1) is 5.95 Å². The molecule has 0 fully saturated rings. The highest BCUT2D eigenvalue weighted by Crippen LogP contribution is 2.19. The van der Waals surface area contributed by atoms with Crippen molar-refractivity contribution in [1.29, 1.82) is 0 Å². The largest absolute Gasteiger partial charge is 0.433 e. The first-order valence-corrected chi connectivity index (χ1v) is 3.33. The van der Waals surface area contributed by atoms with Crippen LogP contribution in [0.15, 0.2) is 12.3 Å². The zero-order valence-electron chi connectivity index (χ0n) is 6.38. The summed E-state index contributed by atoms with van der Waals surface area (Å²) in [5.41, 5.74) is -0.0622. The summed E-state index contributed by atoms with van der Waals surface area (Å²) in [4.78, 5) is 3.10. The van der Waals surface area contributed by atoms with Gasteiger partial charge in [0, 0.05) is 11.6 Å². The van der Waals surface area contributed by atoms with E-state index in [2.05, 4.69) is 9.72 Å². The normalized spacial score (nSPS) is 10.5. The van der Waals surface area contributed by atoms with Crippen molar-refractivity contribution in [3.8, 4) is 5.75 Å². The van der Waals surface area contributed by atoms with Crippen LogP contribution < -0.4 is 4.74 Å². The molecule has 0 aromatic carbocycles. The van der Waals surface area contributed by atoms with Gasteiger partial charge in [0.2, 0.25) is 5.95 Å². The lowest BCUT2D eigenvalue weighted by Gasteiger charge is -2.07. The molecule has 72 valence electrons. The molecule has 6 heteroatoms. The maximum Gasteiger partial charge on any atom is 0.387 e. The van der Waals surface area contributed by atoms with E-state index in [1.807, 2.05) is 0 Å². The second kappa shape index (κ2) is 4.08. The molecule has 1 heterocycles. The molecule has 0 bridgehead atoms. The summed E-state index contributed by atoms with van der Waals surface area (Å²) in [5, 5.41) is 8.64. The zero-order valence-corrected chi connectivity index (χ0v) is 6.38. The summed E-state index contributed by atoms with van der Waals surface area (Å²) in [6, 6.07) is 0.831. The number of aliphatic hydroxyl groups excluding tert-OH is 1. The molecule has 0 saturated heterocycles. The molecule has 0 unspecified atom stereocenters. The van der Waals surface area contributed by atoms with Crippen LogP contribution in [0.3, 0.4) is 0 Å². The van der Waals surface area contributed by atoms with Crippen molar-refractivity contribution in [1.82, 2.24) is 4.98 Å². The fourth-order valence-electron chi connectivity index (χ4n) is 0.781. The molecule has 1 N–H and O–H groups in total. The summed E-state index contributed by atoms with van der Waals surface area (Å²) in [5.74, 6) is -1.18. The molecule has 0 aliphatic rings. The maximum absolute atomic E-state index is 12.4. The van der Waals surface area contributed by atoms with E-state index in [1.165, 1.54) is 0 Å². The monoisotopic (exact) mass is 193 g/mol. The minimum absolute atomic E-state index is 0.0622. The van der Waals surface area contributed by atoms with Crippen LogP contribution in [-0.2, 0) is 6.61 Å². The number of aliphatic hydroxyl groups is 1. The van der Waals surface area contributed by atoms with Gasteiger partial charge in [-0.25, -0.2) is 4.98 Å². The number of ether oxygens (including phenoxy) is 1. The van der Waals surface area contributed by atoms with Gasteiger partial charge in [-0.3, -0.25) is 0 Å². The second-order valence-corrected chi connectivity index (χ2v) is 2.15. The van der Waals surface area contributed by atoms with Gasteiger partial charge in [0.1, 0.15) is 5.75 Å². The van der Waals surface area contributed by atoms with Crippen molar-refractivity contribution in [2.24, 2.45) is 0 Å². The van der Waals surface area contributed by atoms with Gasteiger partial charge in [-0.05, 0) is 0 Å². The maximum atomic E-state index is 12.4. The molecule has 1 aromatic rings. The molecule has 1 rings (SSSR count). The van der Waals surface area contributed by atoms with E-state index in [4.69, 9.17) is 5.11 Å². The number of rotatable bonds is 3. The number of hydrogen-bond acceptors (Lipinski definition) is 3.